The Hall–Kier alpha value is -2.02. The normalized spacial score (nSPS) is 11.1. The van der Waals surface area contributed by atoms with Crippen LogP contribution in [0.25, 0.3) is 11.6 Å². The molecular weight excluding hydrogens is 312 g/mol. The Morgan fingerprint density at radius 1 is 1.29 bits per heavy atom. The van der Waals surface area contributed by atoms with Crippen LogP contribution in [0.4, 0.5) is 4.39 Å². The number of hydrogen-bond donors (Lipinski definition) is 0. The highest BCUT2D eigenvalue weighted by molar-refractivity contribution is 6.31. The van der Waals surface area contributed by atoms with Gasteiger partial charge in [0.05, 0.1) is 23.8 Å². The molecule has 0 amide bonds. The third-order valence-corrected chi connectivity index (χ3v) is 3.38. The minimum absolute atomic E-state index is 0.00381. The summed E-state index contributed by atoms with van der Waals surface area (Å²) >= 11 is 11.6. The third kappa shape index (κ3) is 3.36. The van der Waals surface area contributed by atoms with Crippen LogP contribution in [-0.2, 0) is 0 Å². The smallest absolute Gasteiger partial charge is 0.149 e. The maximum absolute atomic E-state index is 13.9. The highest BCUT2D eigenvalue weighted by Gasteiger charge is 2.11. The molecule has 0 heterocycles. The van der Waals surface area contributed by atoms with Gasteiger partial charge in [0.2, 0.25) is 0 Å². The number of halogens is 3. The van der Waals surface area contributed by atoms with Crippen LogP contribution in [0.3, 0.4) is 0 Å². The zero-order valence-corrected chi connectivity index (χ0v) is 12.5. The van der Waals surface area contributed by atoms with E-state index >= 15 is 0 Å². The second kappa shape index (κ2) is 6.62. The first kappa shape index (κ1) is 15.4. The molecule has 0 saturated heterocycles. The average Bonchev–Trinajstić information content (AvgIpc) is 2.49. The van der Waals surface area contributed by atoms with Crippen molar-refractivity contribution in [2.75, 3.05) is 7.11 Å². The quantitative estimate of drug-likeness (QED) is 0.574. The Bertz CT molecular complexity index is 750. The summed E-state index contributed by atoms with van der Waals surface area (Å²) in [6.45, 7) is 0. The molecular formula is C16H10Cl2FNO. The molecule has 2 nitrogen and oxygen atoms in total. The molecule has 0 saturated carbocycles. The van der Waals surface area contributed by atoms with Crippen LogP contribution in [0.1, 0.15) is 11.1 Å². The second-order valence-electron chi connectivity index (χ2n) is 4.16. The van der Waals surface area contributed by atoms with Gasteiger partial charge in [-0.25, -0.2) is 4.39 Å². The molecule has 0 N–H and O–H groups in total. The molecule has 0 atom stereocenters. The molecule has 0 spiro atoms. The number of ether oxygens (including phenoxy) is 1. The van der Waals surface area contributed by atoms with Gasteiger partial charge < -0.3 is 4.74 Å². The Morgan fingerprint density at radius 2 is 2.05 bits per heavy atom. The van der Waals surface area contributed by atoms with E-state index in [-0.39, 0.29) is 16.2 Å². The standard InChI is InChI=1S/C16H10Cl2FNO/c1-21-15-8-12(17)5-6-13(15)11(9-20)7-10-3-2-4-14(18)16(10)19/h2-8H,1H3/b11-7+. The minimum Gasteiger partial charge on any atom is -0.496 e. The van der Waals surface area contributed by atoms with Crippen molar-refractivity contribution in [1.82, 2.24) is 0 Å². The van der Waals surface area contributed by atoms with Gasteiger partial charge in [-0.1, -0.05) is 35.3 Å². The van der Waals surface area contributed by atoms with Gasteiger partial charge >= 0.3 is 0 Å². The van der Waals surface area contributed by atoms with Crippen molar-refractivity contribution in [3.05, 3.63) is 63.4 Å². The van der Waals surface area contributed by atoms with Gasteiger partial charge in [0.15, 0.2) is 0 Å². The van der Waals surface area contributed by atoms with Gasteiger partial charge in [-0.05, 0) is 30.3 Å². The lowest BCUT2D eigenvalue weighted by atomic mass is 10.0. The number of allylic oxidation sites excluding steroid dienone is 1. The van der Waals surface area contributed by atoms with E-state index < -0.39 is 5.82 Å². The maximum Gasteiger partial charge on any atom is 0.149 e. The predicted octanol–water partition coefficient (Wildman–Crippen LogP) is 5.21. The van der Waals surface area contributed by atoms with E-state index in [2.05, 4.69) is 0 Å². The number of benzene rings is 2. The second-order valence-corrected chi connectivity index (χ2v) is 5.00. The van der Waals surface area contributed by atoms with E-state index in [1.165, 1.54) is 19.3 Å². The monoisotopic (exact) mass is 321 g/mol. The van der Waals surface area contributed by atoms with Gasteiger partial charge in [0.1, 0.15) is 11.6 Å². The van der Waals surface area contributed by atoms with Crippen LogP contribution in [0.5, 0.6) is 5.75 Å². The molecule has 2 aromatic rings. The molecule has 5 heteroatoms. The molecule has 21 heavy (non-hydrogen) atoms. The molecule has 2 rings (SSSR count). The summed E-state index contributed by atoms with van der Waals surface area (Å²) < 4.78 is 19.1. The van der Waals surface area contributed by atoms with Gasteiger partial charge in [-0.3, -0.25) is 0 Å². The fourth-order valence-electron chi connectivity index (χ4n) is 1.85. The van der Waals surface area contributed by atoms with Crippen molar-refractivity contribution < 1.29 is 9.13 Å². The van der Waals surface area contributed by atoms with Crippen molar-refractivity contribution in [1.29, 1.82) is 5.26 Å². The molecule has 0 aromatic heterocycles. The minimum atomic E-state index is -0.570. The zero-order chi connectivity index (χ0) is 15.4. The molecule has 0 bridgehead atoms. The number of nitrogens with zero attached hydrogens (tertiary/aromatic N) is 1. The Kier molecular flexibility index (Phi) is 4.85. The molecule has 0 aliphatic rings. The summed E-state index contributed by atoms with van der Waals surface area (Å²) in [7, 11) is 1.48. The van der Waals surface area contributed by atoms with Crippen molar-refractivity contribution in [2.45, 2.75) is 0 Å². The van der Waals surface area contributed by atoms with Crippen molar-refractivity contribution >= 4 is 34.9 Å². The highest BCUT2D eigenvalue weighted by Crippen LogP contribution is 2.31. The molecule has 0 radical (unpaired) electrons. The lowest BCUT2D eigenvalue weighted by Crippen LogP contribution is -1.92. The first-order valence-electron chi connectivity index (χ1n) is 5.96. The molecule has 0 unspecified atom stereocenters. The molecule has 106 valence electrons. The molecule has 2 aromatic carbocycles. The third-order valence-electron chi connectivity index (χ3n) is 2.86. The SMILES string of the molecule is COc1cc(Cl)ccc1/C(C#N)=C/c1cccc(Cl)c1F. The first-order chi connectivity index (χ1) is 10.1. The lowest BCUT2D eigenvalue weighted by molar-refractivity contribution is 0.413. The predicted molar refractivity (Wildman–Crippen MR) is 82.9 cm³/mol. The van der Waals surface area contributed by atoms with Gasteiger partial charge in [-0.2, -0.15) is 5.26 Å². The Morgan fingerprint density at radius 3 is 2.71 bits per heavy atom. The largest absolute Gasteiger partial charge is 0.496 e. The summed E-state index contributed by atoms with van der Waals surface area (Å²) in [6.07, 6.45) is 1.42. The highest BCUT2D eigenvalue weighted by atomic mass is 35.5. The topological polar surface area (TPSA) is 33.0 Å². The van der Waals surface area contributed by atoms with Crippen LogP contribution >= 0.6 is 23.2 Å². The summed E-state index contributed by atoms with van der Waals surface area (Å²) in [5.41, 5.74) is 1.02. The first-order valence-corrected chi connectivity index (χ1v) is 6.72. The van der Waals surface area contributed by atoms with Crippen LogP contribution in [0.15, 0.2) is 36.4 Å². The summed E-state index contributed by atoms with van der Waals surface area (Å²) in [5, 5.41) is 9.82. The van der Waals surface area contributed by atoms with Crippen LogP contribution in [0.2, 0.25) is 10.0 Å². The molecule has 0 aliphatic heterocycles. The summed E-state index contributed by atoms with van der Waals surface area (Å²) in [4.78, 5) is 0. The van der Waals surface area contributed by atoms with Crippen molar-refractivity contribution in [2.24, 2.45) is 0 Å². The van der Waals surface area contributed by atoms with E-state index in [1.54, 1.807) is 30.3 Å². The molecule has 0 fully saturated rings. The van der Waals surface area contributed by atoms with Gasteiger partial charge in [0.25, 0.3) is 0 Å². The van der Waals surface area contributed by atoms with Gasteiger partial charge in [-0.15, -0.1) is 0 Å². The van der Waals surface area contributed by atoms with Crippen molar-refractivity contribution in [3.63, 3.8) is 0 Å². The number of nitriles is 1. The lowest BCUT2D eigenvalue weighted by Gasteiger charge is -2.08. The Labute approximate surface area is 132 Å². The number of methoxy groups -OCH3 is 1. The van der Waals surface area contributed by atoms with E-state index in [9.17, 15) is 9.65 Å². The van der Waals surface area contributed by atoms with E-state index in [1.807, 2.05) is 6.07 Å². The average molecular weight is 322 g/mol. The van der Waals surface area contributed by atoms with Crippen LogP contribution < -0.4 is 4.74 Å². The fraction of sp³-hybridized carbons (Fsp3) is 0.0625. The summed E-state index contributed by atoms with van der Waals surface area (Å²) in [6, 6.07) is 11.5. The maximum atomic E-state index is 13.9. The number of rotatable bonds is 3. The van der Waals surface area contributed by atoms with Gasteiger partial charge in [0, 0.05) is 16.1 Å². The molecule has 0 aliphatic carbocycles. The van der Waals surface area contributed by atoms with E-state index in [4.69, 9.17) is 27.9 Å². The van der Waals surface area contributed by atoms with Crippen LogP contribution in [-0.4, -0.2) is 7.11 Å². The zero-order valence-electron chi connectivity index (χ0n) is 11.0. The summed E-state index contributed by atoms with van der Waals surface area (Å²) in [5.74, 6) is -0.127. The number of hydrogen-bond acceptors (Lipinski definition) is 2. The van der Waals surface area contributed by atoms with Crippen LogP contribution in [0, 0.1) is 17.1 Å². The van der Waals surface area contributed by atoms with E-state index in [0.29, 0.717) is 16.3 Å². The fourth-order valence-corrected chi connectivity index (χ4v) is 2.19. The Balaban J connectivity index is 2.57. The van der Waals surface area contributed by atoms with E-state index in [0.717, 1.165) is 0 Å². The van der Waals surface area contributed by atoms with Crippen molar-refractivity contribution in [3.8, 4) is 11.8 Å².